The van der Waals surface area contributed by atoms with Gasteiger partial charge in [0.05, 0.1) is 17.9 Å². The van der Waals surface area contributed by atoms with Gasteiger partial charge in [-0.1, -0.05) is 59.9 Å². The van der Waals surface area contributed by atoms with Gasteiger partial charge in [0.1, 0.15) is 11.3 Å². The number of carbonyl (C=O) groups excluding carboxylic acids is 1. The molecule has 6 nitrogen and oxygen atoms in total. The number of fused-ring (bicyclic) bond motifs is 1. The fourth-order valence-electron chi connectivity index (χ4n) is 3.97. The van der Waals surface area contributed by atoms with E-state index in [4.69, 9.17) is 9.72 Å². The van der Waals surface area contributed by atoms with Crippen LogP contribution in [0.15, 0.2) is 91.3 Å². The highest BCUT2D eigenvalue weighted by molar-refractivity contribution is 7.22. The number of ether oxygens (including phenoxy) is 1. The molecule has 1 amide bonds. The first-order valence-corrected chi connectivity index (χ1v) is 12.5. The van der Waals surface area contributed by atoms with Gasteiger partial charge in [0.25, 0.3) is 5.91 Å². The number of aromatic nitrogens is 3. The second-order valence-electron chi connectivity index (χ2n) is 8.12. The smallest absolute Gasteiger partial charge is 0.260 e. The molecule has 176 valence electrons. The van der Waals surface area contributed by atoms with Gasteiger partial charge in [0, 0.05) is 24.5 Å². The molecule has 0 spiro atoms. The lowest BCUT2D eigenvalue weighted by Gasteiger charge is -2.20. The molecule has 5 aromatic rings. The van der Waals surface area contributed by atoms with E-state index in [9.17, 15) is 4.79 Å². The van der Waals surface area contributed by atoms with Crippen LogP contribution in [-0.2, 0) is 13.0 Å². The molecule has 0 fully saturated rings. The van der Waals surface area contributed by atoms with Crippen LogP contribution in [0, 0.1) is 0 Å². The summed E-state index contributed by atoms with van der Waals surface area (Å²) in [6, 6.07) is 25.9. The van der Waals surface area contributed by atoms with Crippen molar-refractivity contribution in [2.45, 2.75) is 19.9 Å². The molecule has 2 aromatic heterocycles. The fourth-order valence-corrected chi connectivity index (χ4v) is 4.98. The molecule has 0 unspecified atom stereocenters. The molecule has 3 aromatic carbocycles. The Balaban J connectivity index is 1.43. The predicted molar refractivity (Wildman–Crippen MR) is 140 cm³/mol. The minimum Gasteiger partial charge on any atom is -0.492 e. The van der Waals surface area contributed by atoms with Crippen molar-refractivity contribution in [3.63, 3.8) is 0 Å². The average molecular weight is 483 g/mol. The Morgan fingerprint density at radius 3 is 2.51 bits per heavy atom. The third-order valence-electron chi connectivity index (χ3n) is 5.71. The van der Waals surface area contributed by atoms with E-state index < -0.39 is 0 Å². The molecule has 0 radical (unpaired) electrons. The van der Waals surface area contributed by atoms with E-state index >= 15 is 0 Å². The number of rotatable bonds is 9. The first-order valence-electron chi connectivity index (χ1n) is 11.7. The Labute approximate surface area is 208 Å². The second kappa shape index (κ2) is 10.5. The van der Waals surface area contributed by atoms with Crippen molar-refractivity contribution in [2.24, 2.45) is 0 Å². The molecule has 0 bridgehead atoms. The molecular formula is C28H26N4O2S. The lowest BCUT2D eigenvalue weighted by molar-refractivity contribution is 0.0985. The van der Waals surface area contributed by atoms with Crippen LogP contribution < -0.4 is 9.64 Å². The number of hydrogen-bond acceptors (Lipinski definition) is 5. The van der Waals surface area contributed by atoms with Crippen molar-refractivity contribution in [3.05, 3.63) is 108 Å². The summed E-state index contributed by atoms with van der Waals surface area (Å²) in [4.78, 5) is 20.3. The zero-order valence-corrected chi connectivity index (χ0v) is 20.3. The topological polar surface area (TPSA) is 60.2 Å². The van der Waals surface area contributed by atoms with Crippen LogP contribution in [0.1, 0.15) is 28.4 Å². The molecule has 7 heteroatoms. The number of carbonyl (C=O) groups is 1. The van der Waals surface area contributed by atoms with E-state index in [1.54, 1.807) is 11.1 Å². The molecule has 0 saturated heterocycles. The highest BCUT2D eigenvalue weighted by Gasteiger charge is 2.22. The number of benzene rings is 3. The van der Waals surface area contributed by atoms with E-state index in [2.05, 4.69) is 17.2 Å². The molecule has 0 aliphatic heterocycles. The van der Waals surface area contributed by atoms with Gasteiger partial charge in [-0.2, -0.15) is 5.10 Å². The van der Waals surface area contributed by atoms with Gasteiger partial charge in [-0.15, -0.1) is 0 Å². The molecule has 0 N–H and O–H groups in total. The summed E-state index contributed by atoms with van der Waals surface area (Å²) in [6.07, 6.45) is 4.46. The molecule has 35 heavy (non-hydrogen) atoms. The minimum atomic E-state index is -0.0829. The summed E-state index contributed by atoms with van der Waals surface area (Å²) in [5, 5.41) is 4.94. The van der Waals surface area contributed by atoms with Crippen LogP contribution >= 0.6 is 11.3 Å². The van der Waals surface area contributed by atoms with Crippen LogP contribution in [0.5, 0.6) is 5.75 Å². The molecule has 0 aliphatic carbocycles. The first kappa shape index (κ1) is 22.8. The number of thiazole rings is 1. The Bertz CT molecular complexity index is 1400. The maximum atomic E-state index is 13.7. The van der Waals surface area contributed by atoms with Gasteiger partial charge in [0.2, 0.25) is 0 Å². The second-order valence-corrected chi connectivity index (χ2v) is 9.13. The third-order valence-corrected chi connectivity index (χ3v) is 6.75. The zero-order chi connectivity index (χ0) is 24.0. The molecule has 0 aliphatic rings. The van der Waals surface area contributed by atoms with Crippen molar-refractivity contribution in [3.8, 4) is 5.75 Å². The van der Waals surface area contributed by atoms with Crippen molar-refractivity contribution >= 4 is 32.6 Å². The molecular weight excluding hydrogens is 456 g/mol. The van der Waals surface area contributed by atoms with Gasteiger partial charge in [-0.25, -0.2) is 4.98 Å². The van der Waals surface area contributed by atoms with Crippen molar-refractivity contribution < 1.29 is 9.53 Å². The van der Waals surface area contributed by atoms with Crippen molar-refractivity contribution in [2.75, 3.05) is 18.1 Å². The molecule has 0 atom stereocenters. The third kappa shape index (κ3) is 5.25. The minimum absolute atomic E-state index is 0.0829. The Hall–Kier alpha value is -3.97. The number of anilines is 1. The molecule has 0 saturated carbocycles. The van der Waals surface area contributed by atoms with Crippen LogP contribution in [0.4, 0.5) is 5.13 Å². The van der Waals surface area contributed by atoms with Crippen LogP contribution in [0.25, 0.3) is 10.2 Å². The number of hydrogen-bond donors (Lipinski definition) is 0. The quantitative estimate of drug-likeness (QED) is 0.265. The zero-order valence-electron chi connectivity index (χ0n) is 19.5. The van der Waals surface area contributed by atoms with Gasteiger partial charge in [0.15, 0.2) is 5.13 Å². The monoisotopic (exact) mass is 482 g/mol. The van der Waals surface area contributed by atoms with E-state index in [0.29, 0.717) is 30.4 Å². The number of amides is 1. The van der Waals surface area contributed by atoms with Crippen molar-refractivity contribution in [1.29, 1.82) is 0 Å². The Kier molecular flexibility index (Phi) is 6.86. The largest absolute Gasteiger partial charge is 0.492 e. The number of para-hydroxylation sites is 1. The van der Waals surface area contributed by atoms with E-state index in [-0.39, 0.29) is 5.91 Å². The molecule has 2 heterocycles. The fraction of sp³-hybridized carbons (Fsp3) is 0.179. The lowest BCUT2D eigenvalue weighted by Crippen LogP contribution is -2.34. The Morgan fingerprint density at radius 1 is 0.971 bits per heavy atom. The van der Waals surface area contributed by atoms with E-state index in [1.165, 1.54) is 16.9 Å². The SMILES string of the molecule is CCOc1cccc2sc(N(CCn3cccn3)C(=O)c3ccc(Cc4ccccc4)cc3)nc12. The van der Waals surface area contributed by atoms with Gasteiger partial charge < -0.3 is 4.74 Å². The summed E-state index contributed by atoms with van der Waals surface area (Å²) in [7, 11) is 0. The summed E-state index contributed by atoms with van der Waals surface area (Å²) in [5.74, 6) is 0.651. The normalized spacial score (nSPS) is 11.0. The van der Waals surface area contributed by atoms with Crippen molar-refractivity contribution in [1.82, 2.24) is 14.8 Å². The van der Waals surface area contributed by atoms with Crippen LogP contribution in [0.3, 0.4) is 0 Å². The standard InChI is InChI=1S/C28H26N4O2S/c1-2-34-24-10-6-11-25-26(24)30-28(35-25)32(19-18-31-17-7-16-29-31)27(33)23-14-12-22(13-15-23)20-21-8-4-3-5-9-21/h3-17H,2,18-20H2,1H3. The highest BCUT2D eigenvalue weighted by Crippen LogP contribution is 2.34. The van der Waals surface area contributed by atoms with Crippen LogP contribution in [0.2, 0.25) is 0 Å². The summed E-state index contributed by atoms with van der Waals surface area (Å²) in [5.41, 5.74) is 3.82. The first-order chi connectivity index (χ1) is 17.2. The maximum absolute atomic E-state index is 13.7. The summed E-state index contributed by atoms with van der Waals surface area (Å²) < 4.78 is 8.57. The summed E-state index contributed by atoms with van der Waals surface area (Å²) in [6.45, 7) is 3.53. The number of nitrogens with zero attached hydrogens (tertiary/aromatic N) is 4. The lowest BCUT2D eigenvalue weighted by atomic mass is 10.0. The van der Waals surface area contributed by atoms with E-state index in [1.807, 2.05) is 84.5 Å². The average Bonchev–Trinajstić information content (AvgIpc) is 3.56. The highest BCUT2D eigenvalue weighted by atomic mass is 32.1. The molecule has 5 rings (SSSR count). The maximum Gasteiger partial charge on any atom is 0.260 e. The van der Waals surface area contributed by atoms with Gasteiger partial charge in [-0.05, 0) is 54.8 Å². The Morgan fingerprint density at radius 2 is 1.77 bits per heavy atom. The summed E-state index contributed by atoms with van der Waals surface area (Å²) >= 11 is 1.49. The van der Waals surface area contributed by atoms with E-state index in [0.717, 1.165) is 28.0 Å². The van der Waals surface area contributed by atoms with Gasteiger partial charge >= 0.3 is 0 Å². The predicted octanol–water partition coefficient (Wildman–Crippen LogP) is 5.83. The van der Waals surface area contributed by atoms with Crippen LogP contribution in [-0.4, -0.2) is 33.8 Å². The van der Waals surface area contributed by atoms with Gasteiger partial charge in [-0.3, -0.25) is 14.4 Å².